The third-order valence-electron chi connectivity index (χ3n) is 8.49. The minimum absolute atomic E-state index is 0.0996. The molecule has 4 rings (SSSR count). The number of hydrogen-bond donors (Lipinski definition) is 0. The molecule has 0 unspecified atom stereocenters. The highest BCUT2D eigenvalue weighted by Gasteiger charge is 2.29. The Hall–Kier alpha value is -2.75. The number of benzene rings is 2. The highest BCUT2D eigenvalue weighted by molar-refractivity contribution is 7.88. The van der Waals surface area contributed by atoms with E-state index in [-0.39, 0.29) is 17.7 Å². The van der Waals surface area contributed by atoms with Gasteiger partial charge in [-0.1, -0.05) is 48.5 Å². The number of aryl methyl sites for hydroxylation is 1. The van der Waals surface area contributed by atoms with Crippen LogP contribution in [0.3, 0.4) is 0 Å². The van der Waals surface area contributed by atoms with Crippen LogP contribution < -0.4 is 4.90 Å². The number of piperidine rings is 1. The molecule has 0 spiro atoms. The molecule has 1 saturated heterocycles. The van der Waals surface area contributed by atoms with Gasteiger partial charge in [0.25, 0.3) is 0 Å². The summed E-state index contributed by atoms with van der Waals surface area (Å²) in [5, 5.41) is 0. The van der Waals surface area contributed by atoms with Crippen molar-refractivity contribution in [1.29, 1.82) is 0 Å². The van der Waals surface area contributed by atoms with Gasteiger partial charge >= 0.3 is 0 Å². The maximum atomic E-state index is 13.8. The predicted octanol–water partition coefficient (Wildman–Crippen LogP) is 4.16. The maximum Gasteiger partial charge on any atom is 0.227 e. The summed E-state index contributed by atoms with van der Waals surface area (Å²) in [5.74, 6) is 0.376. The molecule has 224 valence electrons. The van der Waals surface area contributed by atoms with Gasteiger partial charge in [0.15, 0.2) is 0 Å². The molecular weight excluding hydrogens is 536 g/mol. The first-order chi connectivity index (χ1) is 19.6. The summed E-state index contributed by atoms with van der Waals surface area (Å²) in [4.78, 5) is 33.7. The van der Waals surface area contributed by atoms with Crippen molar-refractivity contribution in [3.05, 3.63) is 65.7 Å². The van der Waals surface area contributed by atoms with Gasteiger partial charge in [0, 0.05) is 70.4 Å². The van der Waals surface area contributed by atoms with E-state index in [0.717, 1.165) is 36.3 Å². The number of para-hydroxylation sites is 1. The van der Waals surface area contributed by atoms with Crippen LogP contribution in [0.5, 0.6) is 0 Å². The molecular formula is C32H46N4O4S. The van der Waals surface area contributed by atoms with Crippen molar-refractivity contribution in [2.45, 2.75) is 65.0 Å². The van der Waals surface area contributed by atoms with Crippen LogP contribution in [-0.2, 0) is 32.6 Å². The fourth-order valence-electron chi connectivity index (χ4n) is 5.95. The predicted molar refractivity (Wildman–Crippen MR) is 164 cm³/mol. The Morgan fingerprint density at radius 3 is 2.22 bits per heavy atom. The van der Waals surface area contributed by atoms with Crippen molar-refractivity contribution >= 4 is 27.5 Å². The van der Waals surface area contributed by atoms with Crippen molar-refractivity contribution in [2.24, 2.45) is 5.92 Å². The van der Waals surface area contributed by atoms with Crippen LogP contribution in [0, 0.1) is 5.92 Å². The van der Waals surface area contributed by atoms with Crippen LogP contribution >= 0.6 is 0 Å². The van der Waals surface area contributed by atoms with Gasteiger partial charge in [-0.05, 0) is 62.6 Å². The number of anilines is 1. The molecule has 0 radical (unpaired) electrons. The molecule has 0 saturated carbocycles. The van der Waals surface area contributed by atoms with Crippen molar-refractivity contribution in [3.63, 3.8) is 0 Å². The SMILES string of the molecule is CC(C)N1CCCN(C(=O)CCc2ccccc2)c2ccccc2CN(C(=O)CC2CCN(S(C)(=O)=O)CC2)CC1. The molecule has 2 aliphatic heterocycles. The van der Waals surface area contributed by atoms with E-state index in [9.17, 15) is 18.0 Å². The van der Waals surface area contributed by atoms with Gasteiger partial charge in [-0.15, -0.1) is 0 Å². The lowest BCUT2D eigenvalue weighted by atomic mass is 9.94. The average molecular weight is 583 g/mol. The standard InChI is InChI=1S/C32H46N4O4S/c1-26(2)33-18-9-19-36(31(37)15-14-27-10-5-4-6-11-27)30-13-8-7-12-29(30)25-34(23-22-33)32(38)24-28-16-20-35(21-17-28)41(3,39)40/h4-8,10-13,26,28H,9,14-25H2,1-3H3. The molecule has 2 amide bonds. The minimum atomic E-state index is -3.20. The zero-order chi connectivity index (χ0) is 29.4. The van der Waals surface area contributed by atoms with Gasteiger partial charge in [0.1, 0.15) is 0 Å². The lowest BCUT2D eigenvalue weighted by Crippen LogP contribution is -2.43. The zero-order valence-corrected chi connectivity index (χ0v) is 25.7. The molecule has 0 atom stereocenters. The van der Waals surface area contributed by atoms with Crippen LogP contribution in [0.15, 0.2) is 54.6 Å². The molecule has 2 aromatic carbocycles. The number of fused-ring (bicyclic) bond motifs is 1. The normalized spacial score (nSPS) is 18.6. The van der Waals surface area contributed by atoms with Crippen molar-refractivity contribution in [2.75, 3.05) is 50.4 Å². The summed E-state index contributed by atoms with van der Waals surface area (Å²) in [6.45, 7) is 8.65. The summed E-state index contributed by atoms with van der Waals surface area (Å²) in [6, 6.07) is 18.4. The number of nitrogens with zero attached hydrogens (tertiary/aromatic N) is 4. The number of hydrogen-bond acceptors (Lipinski definition) is 5. The van der Waals surface area contributed by atoms with Gasteiger partial charge < -0.3 is 9.80 Å². The van der Waals surface area contributed by atoms with Crippen LogP contribution in [0.4, 0.5) is 5.69 Å². The summed E-state index contributed by atoms with van der Waals surface area (Å²) in [6.07, 6.45) is 5.05. The van der Waals surface area contributed by atoms with Crippen molar-refractivity contribution in [1.82, 2.24) is 14.1 Å². The molecule has 2 aromatic rings. The molecule has 1 fully saturated rings. The van der Waals surface area contributed by atoms with Gasteiger partial charge in [-0.2, -0.15) is 0 Å². The Morgan fingerprint density at radius 2 is 1.54 bits per heavy atom. The highest BCUT2D eigenvalue weighted by atomic mass is 32.2. The Balaban J connectivity index is 1.53. The summed E-state index contributed by atoms with van der Waals surface area (Å²) < 4.78 is 25.4. The van der Waals surface area contributed by atoms with E-state index in [1.807, 2.05) is 52.3 Å². The summed E-state index contributed by atoms with van der Waals surface area (Å²) in [5.41, 5.74) is 3.03. The van der Waals surface area contributed by atoms with E-state index in [2.05, 4.69) is 30.9 Å². The second kappa shape index (κ2) is 14.4. The third kappa shape index (κ3) is 8.87. The first-order valence-electron chi connectivity index (χ1n) is 15.0. The number of amides is 2. The third-order valence-corrected chi connectivity index (χ3v) is 9.79. The maximum absolute atomic E-state index is 13.8. The summed E-state index contributed by atoms with van der Waals surface area (Å²) >= 11 is 0. The molecule has 0 aromatic heterocycles. The molecule has 41 heavy (non-hydrogen) atoms. The van der Waals surface area contributed by atoms with Crippen LogP contribution in [0.1, 0.15) is 57.1 Å². The number of carbonyl (C=O) groups is 2. The molecule has 9 heteroatoms. The zero-order valence-electron chi connectivity index (χ0n) is 24.9. The number of rotatable bonds is 7. The van der Waals surface area contributed by atoms with E-state index < -0.39 is 10.0 Å². The quantitative estimate of drug-likeness (QED) is 0.490. The topological polar surface area (TPSA) is 81.2 Å². The number of sulfonamides is 1. The Labute approximate surface area is 246 Å². The van der Waals surface area contributed by atoms with E-state index in [4.69, 9.17) is 0 Å². The smallest absolute Gasteiger partial charge is 0.227 e. The first-order valence-corrected chi connectivity index (χ1v) is 16.9. The Bertz CT molecular complexity index is 1260. The Kier molecular flexibility index (Phi) is 11.0. The average Bonchev–Trinajstić information content (AvgIpc) is 2.99. The minimum Gasteiger partial charge on any atom is -0.337 e. The largest absolute Gasteiger partial charge is 0.337 e. The molecule has 2 aliphatic rings. The van der Waals surface area contributed by atoms with E-state index >= 15 is 0 Å². The molecule has 8 nitrogen and oxygen atoms in total. The van der Waals surface area contributed by atoms with Crippen LogP contribution in [0.25, 0.3) is 0 Å². The van der Waals surface area contributed by atoms with Gasteiger partial charge in [-0.3, -0.25) is 14.5 Å². The van der Waals surface area contributed by atoms with Gasteiger partial charge in [0.2, 0.25) is 21.8 Å². The molecule has 0 bridgehead atoms. The fourth-order valence-corrected chi connectivity index (χ4v) is 6.82. The lowest BCUT2D eigenvalue weighted by Gasteiger charge is -2.33. The highest BCUT2D eigenvalue weighted by Crippen LogP contribution is 2.27. The van der Waals surface area contributed by atoms with E-state index in [0.29, 0.717) is 70.9 Å². The van der Waals surface area contributed by atoms with Gasteiger partial charge in [0.05, 0.1) is 6.26 Å². The fraction of sp³-hybridized carbons (Fsp3) is 0.562. The van der Waals surface area contributed by atoms with Crippen LogP contribution in [-0.4, -0.2) is 85.9 Å². The monoisotopic (exact) mass is 582 g/mol. The first kappa shape index (κ1) is 31.2. The molecule has 0 N–H and O–H groups in total. The van der Waals surface area contributed by atoms with E-state index in [1.165, 1.54) is 10.6 Å². The Morgan fingerprint density at radius 1 is 0.854 bits per heavy atom. The van der Waals surface area contributed by atoms with Crippen molar-refractivity contribution in [3.8, 4) is 0 Å². The van der Waals surface area contributed by atoms with Crippen LogP contribution in [0.2, 0.25) is 0 Å². The summed E-state index contributed by atoms with van der Waals surface area (Å²) in [7, 11) is -3.20. The second-order valence-corrected chi connectivity index (χ2v) is 13.8. The lowest BCUT2D eigenvalue weighted by molar-refractivity contribution is -0.133. The van der Waals surface area contributed by atoms with Gasteiger partial charge in [-0.25, -0.2) is 12.7 Å². The second-order valence-electron chi connectivity index (χ2n) is 11.8. The van der Waals surface area contributed by atoms with E-state index in [1.54, 1.807) is 0 Å². The van der Waals surface area contributed by atoms with Crippen molar-refractivity contribution < 1.29 is 18.0 Å². The molecule has 0 aliphatic carbocycles. The molecule has 2 heterocycles. The number of carbonyl (C=O) groups excluding carboxylic acids is 2.